The molecular weight excluding hydrogens is 178 g/mol. The van der Waals surface area contributed by atoms with Crippen LogP contribution in [0.2, 0.25) is 0 Å². The Balaban J connectivity index is 1.73. The van der Waals surface area contributed by atoms with Crippen LogP contribution in [-0.2, 0) is 4.74 Å². The van der Waals surface area contributed by atoms with Gasteiger partial charge in [0.2, 0.25) is 0 Å². The molecule has 2 fully saturated rings. The monoisotopic (exact) mass is 191 g/mol. The van der Waals surface area contributed by atoms with Crippen LogP contribution in [0.1, 0.15) is 6.42 Å². The summed E-state index contributed by atoms with van der Waals surface area (Å²) in [6.07, 6.45) is 1.19. The Kier molecular flexibility index (Phi) is 1.50. The highest BCUT2D eigenvalue weighted by Gasteiger charge is 2.49. The first-order valence-corrected chi connectivity index (χ1v) is 4.89. The highest BCUT2D eigenvalue weighted by Crippen LogP contribution is 2.37. The summed E-state index contributed by atoms with van der Waals surface area (Å²) < 4.78 is 5.54. The zero-order valence-electron chi connectivity index (χ0n) is 7.94. The fourth-order valence-electron chi connectivity index (χ4n) is 2.07. The topological polar surface area (TPSA) is 51.4 Å². The minimum Gasteiger partial charge on any atom is -0.384 e. The van der Waals surface area contributed by atoms with E-state index >= 15 is 0 Å². The zero-order chi connectivity index (χ0) is 9.60. The number of pyridine rings is 1. The summed E-state index contributed by atoms with van der Waals surface area (Å²) in [5, 5.41) is 0. The van der Waals surface area contributed by atoms with E-state index in [0.717, 1.165) is 25.5 Å². The van der Waals surface area contributed by atoms with Crippen molar-refractivity contribution < 1.29 is 4.74 Å². The van der Waals surface area contributed by atoms with E-state index in [-0.39, 0.29) is 5.60 Å². The Morgan fingerprint density at radius 2 is 2.21 bits per heavy atom. The molecule has 0 bridgehead atoms. The van der Waals surface area contributed by atoms with Crippen LogP contribution in [0.5, 0.6) is 0 Å². The molecule has 0 amide bonds. The van der Waals surface area contributed by atoms with Crippen LogP contribution in [0.4, 0.5) is 11.6 Å². The lowest BCUT2D eigenvalue weighted by Gasteiger charge is -2.55. The lowest BCUT2D eigenvalue weighted by Crippen LogP contribution is -2.68. The number of nitrogens with two attached hydrogens (primary N) is 1. The van der Waals surface area contributed by atoms with Crippen molar-refractivity contribution in [2.24, 2.45) is 0 Å². The second kappa shape index (κ2) is 2.60. The number of nitrogens with zero attached hydrogens (tertiary/aromatic N) is 2. The molecule has 14 heavy (non-hydrogen) atoms. The largest absolute Gasteiger partial charge is 0.384 e. The molecule has 1 aromatic rings. The van der Waals surface area contributed by atoms with Crippen molar-refractivity contribution in [1.82, 2.24) is 4.98 Å². The molecule has 2 N–H and O–H groups in total. The molecule has 0 atom stereocenters. The van der Waals surface area contributed by atoms with Crippen molar-refractivity contribution in [1.29, 1.82) is 0 Å². The molecule has 3 heterocycles. The van der Waals surface area contributed by atoms with Crippen molar-refractivity contribution in [3.8, 4) is 0 Å². The van der Waals surface area contributed by atoms with Gasteiger partial charge < -0.3 is 15.4 Å². The Labute approximate surface area is 82.7 Å². The van der Waals surface area contributed by atoms with Crippen LogP contribution >= 0.6 is 0 Å². The molecular formula is C10H13N3O. The van der Waals surface area contributed by atoms with E-state index in [0.29, 0.717) is 5.82 Å². The zero-order valence-corrected chi connectivity index (χ0v) is 7.94. The van der Waals surface area contributed by atoms with E-state index in [2.05, 4.69) is 9.88 Å². The molecule has 0 aromatic carbocycles. The van der Waals surface area contributed by atoms with E-state index in [9.17, 15) is 0 Å². The van der Waals surface area contributed by atoms with Gasteiger partial charge in [0, 0.05) is 6.42 Å². The highest BCUT2D eigenvalue weighted by atomic mass is 16.5. The first kappa shape index (κ1) is 8.05. The van der Waals surface area contributed by atoms with Crippen molar-refractivity contribution in [2.45, 2.75) is 12.0 Å². The lowest BCUT2D eigenvalue weighted by molar-refractivity contribution is -0.161. The molecule has 2 aliphatic rings. The van der Waals surface area contributed by atoms with Crippen molar-refractivity contribution >= 4 is 11.6 Å². The van der Waals surface area contributed by atoms with Crippen LogP contribution in [0, 0.1) is 0 Å². The minimum absolute atomic E-state index is 0.159. The summed E-state index contributed by atoms with van der Waals surface area (Å²) >= 11 is 0. The molecule has 74 valence electrons. The Morgan fingerprint density at radius 3 is 2.79 bits per heavy atom. The van der Waals surface area contributed by atoms with Gasteiger partial charge in [-0.1, -0.05) is 6.07 Å². The SMILES string of the molecule is Nc1cccc(N2CC3(CCO3)C2)n1. The quantitative estimate of drug-likeness (QED) is 0.708. The van der Waals surface area contributed by atoms with Gasteiger partial charge in [0.15, 0.2) is 0 Å². The number of nitrogen functional groups attached to an aromatic ring is 1. The number of aromatic nitrogens is 1. The summed E-state index contributed by atoms with van der Waals surface area (Å²) in [4.78, 5) is 6.47. The van der Waals surface area contributed by atoms with Gasteiger partial charge in [-0.05, 0) is 12.1 Å². The van der Waals surface area contributed by atoms with Gasteiger partial charge in [-0.15, -0.1) is 0 Å². The second-order valence-corrected chi connectivity index (χ2v) is 4.06. The lowest BCUT2D eigenvalue weighted by atomic mass is 9.86. The molecule has 0 unspecified atom stereocenters. The predicted octanol–water partition coefficient (Wildman–Crippen LogP) is 0.643. The standard InChI is InChI=1S/C10H13N3O/c11-8-2-1-3-9(12-8)13-6-10(7-13)4-5-14-10/h1-3H,4-7H2,(H2,11,12). The van der Waals surface area contributed by atoms with Crippen LogP contribution in [-0.4, -0.2) is 30.3 Å². The molecule has 1 spiro atoms. The van der Waals surface area contributed by atoms with Gasteiger partial charge >= 0.3 is 0 Å². The van der Waals surface area contributed by atoms with Gasteiger partial charge in [-0.3, -0.25) is 0 Å². The van der Waals surface area contributed by atoms with Gasteiger partial charge in [0.1, 0.15) is 17.2 Å². The maximum atomic E-state index is 5.62. The van der Waals surface area contributed by atoms with E-state index in [4.69, 9.17) is 10.5 Å². The summed E-state index contributed by atoms with van der Waals surface area (Å²) in [5.74, 6) is 1.55. The fraction of sp³-hybridized carbons (Fsp3) is 0.500. The van der Waals surface area contributed by atoms with Crippen LogP contribution in [0.15, 0.2) is 18.2 Å². The Hall–Kier alpha value is -1.29. The summed E-state index contributed by atoms with van der Waals surface area (Å²) in [6, 6.07) is 5.73. The molecule has 2 saturated heterocycles. The average Bonchev–Trinajstić information content (AvgIpc) is 1.98. The van der Waals surface area contributed by atoms with Crippen LogP contribution < -0.4 is 10.6 Å². The van der Waals surface area contributed by atoms with Crippen molar-refractivity contribution in [3.63, 3.8) is 0 Å². The molecule has 2 aliphatic heterocycles. The number of ether oxygens (including phenoxy) is 1. The van der Waals surface area contributed by atoms with Crippen LogP contribution in [0.3, 0.4) is 0 Å². The van der Waals surface area contributed by atoms with E-state index in [1.54, 1.807) is 6.07 Å². The van der Waals surface area contributed by atoms with Crippen molar-refractivity contribution in [2.75, 3.05) is 30.3 Å². The normalized spacial score (nSPS) is 23.0. The third-order valence-corrected chi connectivity index (χ3v) is 3.00. The maximum Gasteiger partial charge on any atom is 0.131 e. The Morgan fingerprint density at radius 1 is 1.43 bits per heavy atom. The number of hydrogen-bond acceptors (Lipinski definition) is 4. The average molecular weight is 191 g/mol. The number of rotatable bonds is 1. The molecule has 1 aromatic heterocycles. The maximum absolute atomic E-state index is 5.62. The highest BCUT2D eigenvalue weighted by molar-refractivity contribution is 5.48. The molecule has 0 aliphatic carbocycles. The molecule has 0 radical (unpaired) electrons. The summed E-state index contributed by atoms with van der Waals surface area (Å²) in [6.45, 7) is 2.84. The first-order chi connectivity index (χ1) is 6.77. The molecule has 4 heteroatoms. The Bertz CT molecular complexity index is 354. The van der Waals surface area contributed by atoms with Gasteiger partial charge in [0.05, 0.1) is 19.7 Å². The third-order valence-electron chi connectivity index (χ3n) is 3.00. The second-order valence-electron chi connectivity index (χ2n) is 4.06. The fourth-order valence-corrected chi connectivity index (χ4v) is 2.07. The van der Waals surface area contributed by atoms with Gasteiger partial charge in [-0.25, -0.2) is 4.98 Å². The molecule has 0 saturated carbocycles. The summed E-state index contributed by atoms with van der Waals surface area (Å²) in [7, 11) is 0. The van der Waals surface area contributed by atoms with E-state index < -0.39 is 0 Å². The molecule has 3 rings (SSSR count). The van der Waals surface area contributed by atoms with Gasteiger partial charge in [0.25, 0.3) is 0 Å². The van der Waals surface area contributed by atoms with E-state index in [1.807, 2.05) is 12.1 Å². The van der Waals surface area contributed by atoms with E-state index in [1.165, 1.54) is 6.42 Å². The third kappa shape index (κ3) is 1.07. The molecule has 4 nitrogen and oxygen atoms in total. The number of hydrogen-bond donors (Lipinski definition) is 1. The smallest absolute Gasteiger partial charge is 0.131 e. The minimum atomic E-state index is 0.159. The first-order valence-electron chi connectivity index (χ1n) is 4.89. The van der Waals surface area contributed by atoms with Gasteiger partial charge in [-0.2, -0.15) is 0 Å². The predicted molar refractivity (Wildman–Crippen MR) is 54.2 cm³/mol. The van der Waals surface area contributed by atoms with Crippen molar-refractivity contribution in [3.05, 3.63) is 18.2 Å². The van der Waals surface area contributed by atoms with Crippen LogP contribution in [0.25, 0.3) is 0 Å². The number of anilines is 2. The summed E-state index contributed by atoms with van der Waals surface area (Å²) in [5.41, 5.74) is 5.78.